The minimum absolute atomic E-state index is 0.248. The molecular formula is C18H28N2O2. The molecule has 0 radical (unpaired) electrons. The summed E-state index contributed by atoms with van der Waals surface area (Å²) >= 11 is 0. The zero-order chi connectivity index (χ0) is 16.3. The summed E-state index contributed by atoms with van der Waals surface area (Å²) in [5.41, 5.74) is 2.97. The van der Waals surface area contributed by atoms with Gasteiger partial charge in [0.25, 0.3) is 0 Å². The van der Waals surface area contributed by atoms with E-state index in [0.29, 0.717) is 12.5 Å². The monoisotopic (exact) mass is 304 g/mol. The third kappa shape index (κ3) is 4.23. The van der Waals surface area contributed by atoms with Crippen LogP contribution in [0.1, 0.15) is 45.7 Å². The molecule has 0 saturated heterocycles. The summed E-state index contributed by atoms with van der Waals surface area (Å²) in [6.45, 7) is 12.5. The molecule has 22 heavy (non-hydrogen) atoms. The Hall–Kier alpha value is -1.55. The average molecular weight is 304 g/mol. The molecule has 1 aliphatic rings. The summed E-state index contributed by atoms with van der Waals surface area (Å²) in [7, 11) is 0. The van der Waals surface area contributed by atoms with Crippen LogP contribution in [0.2, 0.25) is 0 Å². The molecule has 1 heterocycles. The Labute approximate surface area is 133 Å². The molecule has 1 aromatic carbocycles. The number of hydrogen-bond donors (Lipinski definition) is 1. The van der Waals surface area contributed by atoms with Crippen molar-refractivity contribution in [3.05, 3.63) is 29.3 Å². The number of nitrogens with one attached hydrogen (secondary N) is 1. The van der Waals surface area contributed by atoms with Gasteiger partial charge in [-0.2, -0.15) is 0 Å². The molecule has 2 rings (SSSR count). The number of carbonyl (C=O) groups is 1. The number of rotatable bonds is 4. The molecule has 1 aromatic rings. The summed E-state index contributed by atoms with van der Waals surface area (Å²) in [4.78, 5) is 14.2. The molecular weight excluding hydrogens is 276 g/mol. The number of anilines is 1. The fourth-order valence-electron chi connectivity index (χ4n) is 2.67. The van der Waals surface area contributed by atoms with Crippen molar-refractivity contribution in [3.8, 4) is 0 Å². The Kier molecular flexibility index (Phi) is 5.12. The third-order valence-corrected chi connectivity index (χ3v) is 3.56. The van der Waals surface area contributed by atoms with Crippen molar-refractivity contribution < 1.29 is 9.53 Å². The van der Waals surface area contributed by atoms with Gasteiger partial charge in [0.05, 0.1) is 5.69 Å². The topological polar surface area (TPSA) is 41.6 Å². The highest BCUT2D eigenvalue weighted by atomic mass is 16.6. The predicted molar refractivity (Wildman–Crippen MR) is 90.3 cm³/mol. The van der Waals surface area contributed by atoms with E-state index in [1.165, 1.54) is 11.1 Å². The SMILES string of the molecule is CC(C)CNCc1cccc2c1N(C(=O)OC(C)(C)C)CC2. The van der Waals surface area contributed by atoms with Crippen LogP contribution in [0, 0.1) is 5.92 Å². The van der Waals surface area contributed by atoms with E-state index in [1.807, 2.05) is 20.8 Å². The lowest BCUT2D eigenvalue weighted by Gasteiger charge is -2.26. The fourth-order valence-corrected chi connectivity index (χ4v) is 2.67. The normalized spacial score (nSPS) is 14.4. The summed E-state index contributed by atoms with van der Waals surface area (Å²) in [6, 6.07) is 6.27. The maximum atomic E-state index is 12.4. The van der Waals surface area contributed by atoms with Crippen LogP contribution in [-0.2, 0) is 17.7 Å². The first-order chi connectivity index (χ1) is 10.3. The first-order valence-corrected chi connectivity index (χ1v) is 8.10. The molecule has 0 unspecified atom stereocenters. The lowest BCUT2D eigenvalue weighted by Crippen LogP contribution is -2.36. The predicted octanol–water partition coefficient (Wildman–Crippen LogP) is 3.73. The molecule has 4 heteroatoms. The lowest BCUT2D eigenvalue weighted by atomic mass is 10.1. The van der Waals surface area contributed by atoms with Crippen LogP contribution in [0.3, 0.4) is 0 Å². The Balaban J connectivity index is 2.16. The molecule has 0 bridgehead atoms. The Bertz CT molecular complexity index is 532. The Morgan fingerprint density at radius 2 is 2.09 bits per heavy atom. The maximum absolute atomic E-state index is 12.4. The molecule has 122 valence electrons. The first-order valence-electron chi connectivity index (χ1n) is 8.10. The summed E-state index contributed by atoms with van der Waals surface area (Å²) in [5.74, 6) is 0.610. The van der Waals surface area contributed by atoms with Crippen molar-refractivity contribution in [2.75, 3.05) is 18.0 Å². The first kappa shape index (κ1) is 16.8. The van der Waals surface area contributed by atoms with E-state index >= 15 is 0 Å². The maximum Gasteiger partial charge on any atom is 0.414 e. The standard InChI is InChI=1S/C18H28N2O2/c1-13(2)11-19-12-15-8-6-7-14-9-10-20(16(14)15)17(21)22-18(3,4)5/h6-8,13,19H,9-12H2,1-5H3. The number of nitrogens with zero attached hydrogens (tertiary/aromatic N) is 1. The zero-order valence-electron chi connectivity index (χ0n) is 14.4. The number of hydrogen-bond acceptors (Lipinski definition) is 3. The number of fused-ring (bicyclic) bond motifs is 1. The number of ether oxygens (including phenoxy) is 1. The highest BCUT2D eigenvalue weighted by Crippen LogP contribution is 2.33. The van der Waals surface area contributed by atoms with Crippen LogP contribution in [0.25, 0.3) is 0 Å². The van der Waals surface area contributed by atoms with Crippen molar-refractivity contribution in [3.63, 3.8) is 0 Å². The molecule has 0 spiro atoms. The van der Waals surface area contributed by atoms with Gasteiger partial charge in [0.2, 0.25) is 0 Å². The van der Waals surface area contributed by atoms with Crippen LogP contribution in [0.15, 0.2) is 18.2 Å². The smallest absolute Gasteiger partial charge is 0.414 e. The molecule has 0 fully saturated rings. The molecule has 0 atom stereocenters. The highest BCUT2D eigenvalue weighted by Gasteiger charge is 2.30. The van der Waals surface area contributed by atoms with Gasteiger partial charge in [-0.1, -0.05) is 32.0 Å². The van der Waals surface area contributed by atoms with Crippen molar-refractivity contribution in [2.45, 2.75) is 53.2 Å². The van der Waals surface area contributed by atoms with Crippen molar-refractivity contribution in [1.82, 2.24) is 5.32 Å². The van der Waals surface area contributed by atoms with Crippen LogP contribution in [0.5, 0.6) is 0 Å². The second-order valence-corrected chi connectivity index (χ2v) is 7.33. The third-order valence-electron chi connectivity index (χ3n) is 3.56. The summed E-state index contributed by atoms with van der Waals surface area (Å²) in [6.07, 6.45) is 0.648. The van der Waals surface area contributed by atoms with Crippen LogP contribution in [0.4, 0.5) is 10.5 Å². The minimum atomic E-state index is -0.468. The van der Waals surface area contributed by atoms with Gasteiger partial charge in [0, 0.05) is 13.1 Å². The van der Waals surface area contributed by atoms with E-state index in [0.717, 1.165) is 25.2 Å². The van der Waals surface area contributed by atoms with Gasteiger partial charge in [-0.05, 0) is 50.8 Å². The van der Waals surface area contributed by atoms with E-state index in [4.69, 9.17) is 4.74 Å². The molecule has 0 aromatic heterocycles. The number of amides is 1. The van der Waals surface area contributed by atoms with Crippen molar-refractivity contribution in [1.29, 1.82) is 0 Å². The van der Waals surface area contributed by atoms with Crippen LogP contribution >= 0.6 is 0 Å². The quantitative estimate of drug-likeness (QED) is 0.921. The second-order valence-electron chi connectivity index (χ2n) is 7.33. The highest BCUT2D eigenvalue weighted by molar-refractivity contribution is 5.91. The van der Waals surface area contributed by atoms with Gasteiger partial charge in [-0.3, -0.25) is 4.90 Å². The molecule has 1 N–H and O–H groups in total. The Morgan fingerprint density at radius 3 is 2.73 bits per heavy atom. The van der Waals surface area contributed by atoms with Gasteiger partial charge in [-0.15, -0.1) is 0 Å². The van der Waals surface area contributed by atoms with E-state index in [-0.39, 0.29) is 6.09 Å². The van der Waals surface area contributed by atoms with Gasteiger partial charge in [-0.25, -0.2) is 4.79 Å². The fraction of sp³-hybridized carbons (Fsp3) is 0.611. The van der Waals surface area contributed by atoms with Gasteiger partial charge in [0.1, 0.15) is 5.60 Å². The summed E-state index contributed by atoms with van der Waals surface area (Å²) < 4.78 is 5.54. The van der Waals surface area contributed by atoms with Crippen LogP contribution < -0.4 is 10.2 Å². The second kappa shape index (κ2) is 6.69. The van der Waals surface area contributed by atoms with Crippen molar-refractivity contribution >= 4 is 11.8 Å². The molecule has 4 nitrogen and oxygen atoms in total. The zero-order valence-corrected chi connectivity index (χ0v) is 14.4. The van der Waals surface area contributed by atoms with Gasteiger partial charge >= 0.3 is 6.09 Å². The molecule has 1 aliphatic heterocycles. The minimum Gasteiger partial charge on any atom is -0.443 e. The van der Waals surface area contributed by atoms with Gasteiger partial charge < -0.3 is 10.1 Å². The number of benzene rings is 1. The molecule has 1 amide bonds. The van der Waals surface area contributed by atoms with E-state index in [2.05, 4.69) is 37.4 Å². The largest absolute Gasteiger partial charge is 0.443 e. The molecule has 0 aliphatic carbocycles. The van der Waals surface area contributed by atoms with Crippen molar-refractivity contribution in [2.24, 2.45) is 5.92 Å². The van der Waals surface area contributed by atoms with E-state index in [9.17, 15) is 4.79 Å². The van der Waals surface area contributed by atoms with Crippen LogP contribution in [-0.4, -0.2) is 24.8 Å². The van der Waals surface area contributed by atoms with E-state index in [1.54, 1.807) is 4.90 Å². The van der Waals surface area contributed by atoms with E-state index < -0.39 is 5.60 Å². The number of para-hydroxylation sites is 1. The molecule has 0 saturated carbocycles. The average Bonchev–Trinajstić information content (AvgIpc) is 2.81. The number of carbonyl (C=O) groups excluding carboxylic acids is 1. The Morgan fingerprint density at radius 1 is 1.36 bits per heavy atom. The summed E-state index contributed by atoms with van der Waals surface area (Å²) in [5, 5.41) is 3.46. The van der Waals surface area contributed by atoms with Gasteiger partial charge in [0.15, 0.2) is 0 Å². The lowest BCUT2D eigenvalue weighted by molar-refractivity contribution is 0.0583.